The minimum atomic E-state index is -1.46. The molecule has 0 saturated carbocycles. The zero-order chi connectivity index (χ0) is 14.0. The zero-order valence-corrected chi connectivity index (χ0v) is 9.55. The number of rotatable bonds is 4. The van der Waals surface area contributed by atoms with Gasteiger partial charge >= 0.3 is 11.7 Å². The van der Waals surface area contributed by atoms with Crippen molar-refractivity contribution in [2.24, 2.45) is 0 Å². The van der Waals surface area contributed by atoms with Crippen LogP contribution in [0.2, 0.25) is 0 Å². The first-order chi connectivity index (χ1) is 8.97. The number of carbonyl (C=O) groups is 1. The molecule has 19 heavy (non-hydrogen) atoms. The van der Waals surface area contributed by atoms with Crippen LogP contribution in [-0.4, -0.2) is 30.9 Å². The van der Waals surface area contributed by atoms with Gasteiger partial charge in [0, 0.05) is 0 Å². The number of carboxylic acids is 1. The van der Waals surface area contributed by atoms with E-state index in [0.29, 0.717) is 5.56 Å². The van der Waals surface area contributed by atoms with Crippen LogP contribution in [0, 0.1) is 10.1 Å². The molecule has 1 heterocycles. The predicted octanol–water partition coefficient (Wildman–Crippen LogP) is 1.24. The summed E-state index contributed by atoms with van der Waals surface area (Å²) >= 11 is 0. The summed E-state index contributed by atoms with van der Waals surface area (Å²) in [5.74, 6) is -1.40. The Morgan fingerprint density at radius 1 is 1.47 bits per heavy atom. The van der Waals surface area contributed by atoms with Gasteiger partial charge in [0.05, 0.1) is 11.5 Å². The molecule has 2 N–H and O–H groups in total. The molecule has 0 radical (unpaired) electrons. The molecule has 0 aliphatic rings. The lowest BCUT2D eigenvalue weighted by atomic mass is 10.2. The number of nitrogens with zero attached hydrogens (tertiary/aromatic N) is 3. The fraction of sp³-hybridized carbons (Fsp3) is 0.0909. The minimum absolute atomic E-state index is 0.0533. The number of phenols is 1. The molecular formula is C11H9N3O5. The van der Waals surface area contributed by atoms with E-state index in [1.54, 1.807) is 12.1 Å². The summed E-state index contributed by atoms with van der Waals surface area (Å²) in [7, 11) is 0. The Kier molecular flexibility index (Phi) is 3.15. The number of carboxylic acid groups (broad SMARTS) is 1. The van der Waals surface area contributed by atoms with Crippen LogP contribution >= 0.6 is 0 Å². The summed E-state index contributed by atoms with van der Waals surface area (Å²) in [5.41, 5.74) is -0.521. The van der Waals surface area contributed by atoms with Crippen LogP contribution in [0.3, 0.4) is 0 Å². The van der Waals surface area contributed by atoms with Crippen molar-refractivity contribution >= 4 is 11.7 Å². The zero-order valence-electron chi connectivity index (χ0n) is 9.55. The molecule has 2 rings (SSSR count). The van der Waals surface area contributed by atoms with Gasteiger partial charge in [-0.15, -0.1) is 0 Å². The predicted molar refractivity (Wildman–Crippen MR) is 63.0 cm³/mol. The third-order valence-electron chi connectivity index (χ3n) is 2.40. The second-order valence-electron chi connectivity index (χ2n) is 3.79. The highest BCUT2D eigenvalue weighted by Crippen LogP contribution is 2.18. The standard InChI is InChI=1S/C11H9N3O5/c15-8-3-1-2-7(4-8)5-13-6-9(14(18)19)10(12-13)11(16)17/h1-4,6,15H,5H2,(H,16,17). The molecule has 1 aromatic carbocycles. The first kappa shape index (κ1) is 12.6. The number of hydrogen-bond acceptors (Lipinski definition) is 5. The Morgan fingerprint density at radius 3 is 2.74 bits per heavy atom. The maximum absolute atomic E-state index is 10.8. The molecule has 0 saturated heterocycles. The molecule has 0 aliphatic heterocycles. The molecule has 0 bridgehead atoms. The monoisotopic (exact) mass is 263 g/mol. The van der Waals surface area contributed by atoms with Gasteiger partial charge in [0.2, 0.25) is 5.69 Å². The molecule has 8 nitrogen and oxygen atoms in total. The molecule has 98 valence electrons. The van der Waals surface area contributed by atoms with Crippen LogP contribution in [-0.2, 0) is 6.54 Å². The van der Waals surface area contributed by atoms with Crippen molar-refractivity contribution in [3.63, 3.8) is 0 Å². The Labute approximate surface area is 106 Å². The number of aromatic nitrogens is 2. The van der Waals surface area contributed by atoms with Gasteiger partial charge < -0.3 is 10.2 Å². The third-order valence-corrected chi connectivity index (χ3v) is 2.40. The number of aromatic hydroxyl groups is 1. The lowest BCUT2D eigenvalue weighted by Gasteiger charge is -2.01. The summed E-state index contributed by atoms with van der Waals surface area (Å²) in [6.45, 7) is 0.127. The normalized spacial score (nSPS) is 10.3. The van der Waals surface area contributed by atoms with Crippen molar-refractivity contribution in [1.82, 2.24) is 9.78 Å². The smallest absolute Gasteiger partial charge is 0.363 e. The largest absolute Gasteiger partial charge is 0.508 e. The molecule has 0 amide bonds. The van der Waals surface area contributed by atoms with Gasteiger partial charge in [-0.1, -0.05) is 12.1 Å². The summed E-state index contributed by atoms with van der Waals surface area (Å²) in [6.07, 6.45) is 1.05. The van der Waals surface area contributed by atoms with E-state index in [1.165, 1.54) is 12.1 Å². The average molecular weight is 263 g/mol. The summed E-state index contributed by atoms with van der Waals surface area (Å²) in [6, 6.07) is 6.25. The fourth-order valence-corrected chi connectivity index (χ4v) is 1.62. The van der Waals surface area contributed by atoms with Gasteiger partial charge in [0.25, 0.3) is 0 Å². The van der Waals surface area contributed by atoms with Crippen LogP contribution in [0.15, 0.2) is 30.5 Å². The van der Waals surface area contributed by atoms with Crippen LogP contribution < -0.4 is 0 Å². The molecule has 0 atom stereocenters. The summed E-state index contributed by atoms with van der Waals surface area (Å²) in [5, 5.41) is 32.5. The molecule has 0 spiro atoms. The van der Waals surface area contributed by atoms with E-state index in [0.717, 1.165) is 10.9 Å². The number of phenolic OH excluding ortho intramolecular Hbond substituents is 1. The fourth-order valence-electron chi connectivity index (χ4n) is 1.62. The van der Waals surface area contributed by atoms with Crippen molar-refractivity contribution < 1.29 is 19.9 Å². The quantitative estimate of drug-likeness (QED) is 0.632. The number of benzene rings is 1. The maximum Gasteiger partial charge on any atom is 0.363 e. The summed E-state index contributed by atoms with van der Waals surface area (Å²) < 4.78 is 1.15. The van der Waals surface area contributed by atoms with E-state index in [2.05, 4.69) is 5.10 Å². The second kappa shape index (κ2) is 4.77. The Bertz CT molecular complexity index is 618. The van der Waals surface area contributed by atoms with Crippen LogP contribution in [0.25, 0.3) is 0 Å². The van der Waals surface area contributed by atoms with E-state index in [9.17, 15) is 20.0 Å². The number of nitro groups is 1. The molecular weight excluding hydrogens is 254 g/mol. The van der Waals surface area contributed by atoms with Gasteiger partial charge in [-0.05, 0) is 17.7 Å². The maximum atomic E-state index is 10.8. The Hall–Kier alpha value is -2.90. The summed E-state index contributed by atoms with van der Waals surface area (Å²) in [4.78, 5) is 20.7. The Balaban J connectivity index is 2.34. The van der Waals surface area contributed by atoms with Gasteiger partial charge in [0.15, 0.2) is 0 Å². The minimum Gasteiger partial charge on any atom is -0.508 e. The van der Waals surface area contributed by atoms with E-state index < -0.39 is 22.3 Å². The van der Waals surface area contributed by atoms with Gasteiger partial charge in [-0.25, -0.2) is 4.79 Å². The van der Waals surface area contributed by atoms with Crippen molar-refractivity contribution in [2.75, 3.05) is 0 Å². The topological polar surface area (TPSA) is 118 Å². The van der Waals surface area contributed by atoms with E-state index >= 15 is 0 Å². The lowest BCUT2D eigenvalue weighted by Crippen LogP contribution is -2.04. The van der Waals surface area contributed by atoms with Crippen molar-refractivity contribution in [3.8, 4) is 5.75 Å². The highest BCUT2D eigenvalue weighted by molar-refractivity contribution is 5.89. The second-order valence-corrected chi connectivity index (χ2v) is 3.79. The van der Waals surface area contributed by atoms with Gasteiger partial charge in [-0.2, -0.15) is 5.10 Å². The highest BCUT2D eigenvalue weighted by atomic mass is 16.6. The lowest BCUT2D eigenvalue weighted by molar-refractivity contribution is -0.385. The Morgan fingerprint density at radius 2 is 2.21 bits per heavy atom. The van der Waals surface area contributed by atoms with E-state index in [1.807, 2.05) is 0 Å². The van der Waals surface area contributed by atoms with Crippen LogP contribution in [0.4, 0.5) is 5.69 Å². The van der Waals surface area contributed by atoms with Crippen molar-refractivity contribution in [1.29, 1.82) is 0 Å². The first-order valence-electron chi connectivity index (χ1n) is 5.20. The highest BCUT2D eigenvalue weighted by Gasteiger charge is 2.25. The molecule has 0 unspecified atom stereocenters. The van der Waals surface area contributed by atoms with E-state index in [-0.39, 0.29) is 12.3 Å². The van der Waals surface area contributed by atoms with Gasteiger partial charge in [-0.3, -0.25) is 14.8 Å². The molecule has 1 aromatic heterocycles. The molecule has 2 aromatic rings. The first-order valence-corrected chi connectivity index (χ1v) is 5.20. The van der Waals surface area contributed by atoms with Crippen LogP contribution in [0.1, 0.15) is 16.1 Å². The average Bonchev–Trinajstić information content (AvgIpc) is 2.73. The van der Waals surface area contributed by atoms with E-state index in [4.69, 9.17) is 5.11 Å². The third kappa shape index (κ3) is 2.68. The SMILES string of the molecule is O=C(O)c1nn(Cc2cccc(O)c2)cc1[N+](=O)[O-]. The molecule has 0 fully saturated rings. The number of hydrogen-bond donors (Lipinski definition) is 2. The number of aromatic carboxylic acids is 1. The molecule has 0 aliphatic carbocycles. The van der Waals surface area contributed by atoms with Crippen molar-refractivity contribution in [3.05, 3.63) is 51.8 Å². The molecule has 8 heteroatoms. The van der Waals surface area contributed by atoms with Gasteiger partial charge in [0.1, 0.15) is 11.9 Å². The van der Waals surface area contributed by atoms with Crippen LogP contribution in [0.5, 0.6) is 5.75 Å². The van der Waals surface area contributed by atoms with Crippen molar-refractivity contribution in [2.45, 2.75) is 6.54 Å².